The van der Waals surface area contributed by atoms with Gasteiger partial charge in [-0.3, -0.25) is 19.5 Å². The minimum atomic E-state index is -2.65. The van der Waals surface area contributed by atoms with Gasteiger partial charge in [0.2, 0.25) is 11.9 Å². The molecule has 0 aliphatic carbocycles. The minimum absolute atomic E-state index is 0.0975. The molecule has 0 fully saturated rings. The number of hydrogen-bond acceptors (Lipinski definition) is 5. The summed E-state index contributed by atoms with van der Waals surface area (Å²) in [5.74, 6) is -0.574. The van der Waals surface area contributed by atoms with Crippen LogP contribution in [0, 0.1) is 5.41 Å². The number of imidazole rings is 1. The number of amides is 2. The second-order valence-corrected chi connectivity index (χ2v) is 11.8. The zero-order valence-electron chi connectivity index (χ0n) is 23.2. The van der Waals surface area contributed by atoms with E-state index in [0.717, 1.165) is 22.4 Å². The van der Waals surface area contributed by atoms with Gasteiger partial charge in [0.1, 0.15) is 0 Å². The molecular weight excluding hydrogens is 532 g/mol. The van der Waals surface area contributed by atoms with Crippen molar-refractivity contribution in [1.82, 2.24) is 14.9 Å². The molecule has 2 heterocycles. The summed E-state index contributed by atoms with van der Waals surface area (Å²) < 4.78 is 28.0. The zero-order chi connectivity index (χ0) is 29.2. The number of benzene rings is 2. The van der Waals surface area contributed by atoms with Crippen LogP contribution in [0.25, 0.3) is 16.7 Å². The highest BCUT2D eigenvalue weighted by Crippen LogP contribution is 2.31. The standard InChI is InChI=1S/C30H33F2N5O2S/c1-7-26(38)36(6)20-9-8-10-21(16-20)37-23-12-11-19(17-33-18(2)30(3,4)5)15-22(23)34-29(37)35-28(39)25-14-13-24(40-25)27(31)32/h7-16,18,27,33H,1,17H2,2-6H3,(H,34,35,39)/t18-/m0/s1. The van der Waals surface area contributed by atoms with Gasteiger partial charge in [-0.05, 0) is 66.4 Å². The number of rotatable bonds is 9. The number of anilines is 2. The molecule has 0 spiro atoms. The molecule has 0 saturated carbocycles. The third-order valence-corrected chi connectivity index (χ3v) is 7.99. The first-order chi connectivity index (χ1) is 18.9. The predicted molar refractivity (Wildman–Crippen MR) is 158 cm³/mol. The van der Waals surface area contributed by atoms with Gasteiger partial charge < -0.3 is 10.2 Å². The van der Waals surface area contributed by atoms with Gasteiger partial charge in [-0.2, -0.15) is 0 Å². The average molecular weight is 566 g/mol. The second-order valence-electron chi connectivity index (χ2n) is 10.6. The predicted octanol–water partition coefficient (Wildman–Crippen LogP) is 6.95. The van der Waals surface area contributed by atoms with Crippen LogP contribution in [0.3, 0.4) is 0 Å². The van der Waals surface area contributed by atoms with Crippen molar-refractivity contribution in [3.63, 3.8) is 0 Å². The van der Waals surface area contributed by atoms with Crippen LogP contribution >= 0.6 is 11.3 Å². The lowest BCUT2D eigenvalue weighted by Gasteiger charge is -2.28. The van der Waals surface area contributed by atoms with Crippen molar-refractivity contribution in [1.29, 1.82) is 0 Å². The third kappa shape index (κ3) is 6.29. The number of nitrogens with zero attached hydrogens (tertiary/aromatic N) is 3. The number of likely N-dealkylation sites (N-methyl/N-ethyl adjacent to an activating group) is 1. The van der Waals surface area contributed by atoms with E-state index in [2.05, 4.69) is 44.9 Å². The summed E-state index contributed by atoms with van der Waals surface area (Å²) >= 11 is 0.742. The SMILES string of the molecule is C=CC(=O)N(C)c1cccc(-n2c(NC(=O)c3ccc(C(F)F)s3)nc3cc(CN[C@@H](C)C(C)(C)C)ccc32)c1. The normalized spacial score (nSPS) is 12.5. The van der Waals surface area contributed by atoms with E-state index in [0.29, 0.717) is 23.4 Å². The molecule has 2 aromatic carbocycles. The first-order valence-electron chi connectivity index (χ1n) is 12.8. The van der Waals surface area contributed by atoms with E-state index in [1.165, 1.54) is 23.1 Å². The molecule has 0 aliphatic heterocycles. The van der Waals surface area contributed by atoms with E-state index in [4.69, 9.17) is 4.98 Å². The molecule has 210 valence electrons. The Morgan fingerprint density at radius 2 is 1.90 bits per heavy atom. The molecule has 4 rings (SSSR count). The van der Waals surface area contributed by atoms with Gasteiger partial charge in [0.15, 0.2) is 0 Å². The van der Waals surface area contributed by atoms with Crippen molar-refractivity contribution in [2.24, 2.45) is 5.41 Å². The fraction of sp³-hybridized carbons (Fsp3) is 0.300. The largest absolute Gasteiger partial charge is 0.312 e. The number of fused-ring (bicyclic) bond motifs is 1. The number of nitrogens with one attached hydrogen (secondary N) is 2. The van der Waals surface area contributed by atoms with E-state index < -0.39 is 12.3 Å². The molecule has 2 aromatic heterocycles. The number of hydrogen-bond donors (Lipinski definition) is 2. The van der Waals surface area contributed by atoms with Crippen molar-refractivity contribution in [2.75, 3.05) is 17.3 Å². The first-order valence-corrected chi connectivity index (χ1v) is 13.6. The Balaban J connectivity index is 1.75. The van der Waals surface area contributed by atoms with Gasteiger partial charge in [-0.15, -0.1) is 11.3 Å². The van der Waals surface area contributed by atoms with Crippen molar-refractivity contribution < 1.29 is 18.4 Å². The molecule has 40 heavy (non-hydrogen) atoms. The zero-order valence-corrected chi connectivity index (χ0v) is 24.0. The lowest BCUT2D eigenvalue weighted by atomic mass is 9.88. The van der Waals surface area contributed by atoms with Crippen LogP contribution in [0.5, 0.6) is 0 Å². The van der Waals surface area contributed by atoms with Crippen molar-refractivity contribution in [3.05, 3.63) is 82.6 Å². The second kappa shape index (κ2) is 11.7. The Hall–Kier alpha value is -3.89. The third-order valence-electron chi connectivity index (χ3n) is 6.90. The summed E-state index contributed by atoms with van der Waals surface area (Å²) in [4.78, 5) is 31.5. The van der Waals surface area contributed by atoms with E-state index in [9.17, 15) is 18.4 Å². The van der Waals surface area contributed by atoms with E-state index >= 15 is 0 Å². The van der Waals surface area contributed by atoms with Crippen LogP contribution in [0.15, 0.2) is 67.3 Å². The molecular formula is C30H33F2N5O2S. The minimum Gasteiger partial charge on any atom is -0.312 e. The Bertz CT molecular complexity index is 1550. The maximum absolute atomic E-state index is 13.1. The molecule has 0 aliphatic rings. The topological polar surface area (TPSA) is 79.3 Å². The molecule has 0 bridgehead atoms. The van der Waals surface area contributed by atoms with Crippen molar-refractivity contribution >= 4 is 45.8 Å². The van der Waals surface area contributed by atoms with Crippen molar-refractivity contribution in [3.8, 4) is 5.69 Å². The summed E-state index contributed by atoms with van der Waals surface area (Å²) in [5.41, 5.74) is 3.79. The average Bonchev–Trinajstić information content (AvgIpc) is 3.55. The Morgan fingerprint density at radius 1 is 1.15 bits per heavy atom. The fourth-order valence-corrected chi connectivity index (χ4v) is 4.78. The molecule has 10 heteroatoms. The first kappa shape index (κ1) is 29.1. The summed E-state index contributed by atoms with van der Waals surface area (Å²) in [6.45, 7) is 12.9. The molecule has 2 N–H and O–H groups in total. The van der Waals surface area contributed by atoms with E-state index in [-0.39, 0.29) is 33.1 Å². The highest BCUT2D eigenvalue weighted by atomic mass is 32.1. The Kier molecular flexibility index (Phi) is 8.51. The van der Waals surface area contributed by atoms with Gasteiger partial charge in [0, 0.05) is 25.3 Å². The van der Waals surface area contributed by atoms with Crippen LogP contribution in [0.2, 0.25) is 0 Å². The van der Waals surface area contributed by atoms with Gasteiger partial charge in [0.05, 0.1) is 26.5 Å². The monoisotopic (exact) mass is 565 g/mol. The fourth-order valence-electron chi connectivity index (χ4n) is 4.02. The Labute approximate surface area is 236 Å². The van der Waals surface area contributed by atoms with E-state index in [1.807, 2.05) is 24.3 Å². The number of halogens is 2. The quantitative estimate of drug-likeness (QED) is 0.215. The molecule has 0 saturated heterocycles. The maximum Gasteiger partial charge on any atom is 0.272 e. The van der Waals surface area contributed by atoms with Crippen LogP contribution in [0.1, 0.15) is 54.2 Å². The molecule has 0 radical (unpaired) electrons. The van der Waals surface area contributed by atoms with Gasteiger partial charge in [-0.1, -0.05) is 39.5 Å². The molecule has 7 nitrogen and oxygen atoms in total. The molecule has 0 unspecified atom stereocenters. The van der Waals surface area contributed by atoms with E-state index in [1.54, 1.807) is 29.8 Å². The lowest BCUT2D eigenvalue weighted by molar-refractivity contribution is -0.113. The summed E-state index contributed by atoms with van der Waals surface area (Å²) in [6.07, 6.45) is -1.42. The van der Waals surface area contributed by atoms with Gasteiger partial charge in [0.25, 0.3) is 12.3 Å². The lowest BCUT2D eigenvalue weighted by Crippen LogP contribution is -2.37. The molecule has 4 aromatic rings. The van der Waals surface area contributed by atoms with Crippen LogP contribution < -0.4 is 15.5 Å². The summed E-state index contributed by atoms with van der Waals surface area (Å²) in [5, 5.41) is 6.35. The van der Waals surface area contributed by atoms with Gasteiger partial charge in [-0.25, -0.2) is 13.8 Å². The van der Waals surface area contributed by atoms with Crippen molar-refractivity contribution in [2.45, 2.75) is 46.7 Å². The van der Waals surface area contributed by atoms with Gasteiger partial charge >= 0.3 is 0 Å². The van der Waals surface area contributed by atoms with Crippen LogP contribution in [-0.2, 0) is 11.3 Å². The Morgan fingerprint density at radius 3 is 2.55 bits per heavy atom. The van der Waals surface area contributed by atoms with Crippen LogP contribution in [-0.4, -0.2) is 34.5 Å². The molecule has 1 atom stereocenters. The smallest absolute Gasteiger partial charge is 0.272 e. The summed E-state index contributed by atoms with van der Waals surface area (Å²) in [6, 6.07) is 16.0. The number of carbonyl (C=O) groups is 2. The van der Waals surface area contributed by atoms with Crippen LogP contribution in [0.4, 0.5) is 20.4 Å². The number of alkyl halides is 2. The highest BCUT2D eigenvalue weighted by molar-refractivity contribution is 7.14. The maximum atomic E-state index is 13.1. The number of carbonyl (C=O) groups excluding carboxylic acids is 2. The summed E-state index contributed by atoms with van der Waals surface area (Å²) in [7, 11) is 1.65. The number of thiophene rings is 1. The number of aromatic nitrogens is 2. The highest BCUT2D eigenvalue weighted by Gasteiger charge is 2.21. The molecule has 2 amide bonds.